The lowest BCUT2D eigenvalue weighted by molar-refractivity contribution is -0.141. The van der Waals surface area contributed by atoms with E-state index < -0.39 is 12.1 Å². The number of ether oxygens (including phenoxy) is 2. The van der Waals surface area contributed by atoms with Gasteiger partial charge in [-0.05, 0) is 60.2 Å². The standard InChI is InChI=1S/C17H15ClN4O3/c1-11-8-15(6-7-16(11)18)24-12(2)17(23)25-14-5-3-4-13(9-14)22-10-19-20-21-22/h3-10,12H,1-2H3/t12-/m1/s1. The van der Waals surface area contributed by atoms with E-state index in [-0.39, 0.29) is 0 Å². The number of hydrogen-bond acceptors (Lipinski definition) is 6. The lowest BCUT2D eigenvalue weighted by Gasteiger charge is -2.14. The fraction of sp³-hybridized carbons (Fsp3) is 0.176. The van der Waals surface area contributed by atoms with Crippen LogP contribution in [-0.2, 0) is 4.79 Å². The second-order valence-corrected chi connectivity index (χ2v) is 5.75. The number of hydrogen-bond donors (Lipinski definition) is 0. The molecule has 1 heterocycles. The van der Waals surface area contributed by atoms with Crippen molar-refractivity contribution in [1.29, 1.82) is 0 Å². The SMILES string of the molecule is Cc1cc(O[C@H](C)C(=O)Oc2cccc(-n3cnnn3)c2)ccc1Cl. The Labute approximate surface area is 149 Å². The third kappa shape index (κ3) is 4.13. The minimum atomic E-state index is -0.780. The van der Waals surface area contributed by atoms with E-state index in [1.807, 2.05) is 6.92 Å². The van der Waals surface area contributed by atoms with Crippen molar-refractivity contribution in [2.24, 2.45) is 0 Å². The van der Waals surface area contributed by atoms with Crippen LogP contribution < -0.4 is 9.47 Å². The molecule has 1 atom stereocenters. The smallest absolute Gasteiger partial charge is 0.352 e. The summed E-state index contributed by atoms with van der Waals surface area (Å²) in [6.45, 7) is 3.49. The maximum Gasteiger partial charge on any atom is 0.352 e. The molecule has 0 radical (unpaired) electrons. The molecule has 0 saturated heterocycles. The van der Waals surface area contributed by atoms with Crippen LogP contribution in [0.1, 0.15) is 12.5 Å². The average Bonchev–Trinajstić information content (AvgIpc) is 3.13. The molecule has 128 valence electrons. The molecule has 2 aromatic carbocycles. The van der Waals surface area contributed by atoms with Gasteiger partial charge in [0.15, 0.2) is 6.10 Å². The summed E-state index contributed by atoms with van der Waals surface area (Å²) in [5, 5.41) is 11.6. The number of halogens is 1. The highest BCUT2D eigenvalue weighted by Gasteiger charge is 2.18. The zero-order valence-electron chi connectivity index (χ0n) is 13.6. The number of carbonyl (C=O) groups is 1. The zero-order chi connectivity index (χ0) is 17.8. The monoisotopic (exact) mass is 358 g/mol. The van der Waals surface area contributed by atoms with Crippen molar-refractivity contribution in [2.75, 3.05) is 0 Å². The first-order valence-electron chi connectivity index (χ1n) is 7.51. The Balaban J connectivity index is 1.67. The van der Waals surface area contributed by atoms with Crippen LogP contribution in [0.25, 0.3) is 5.69 Å². The molecule has 3 rings (SSSR count). The number of aryl methyl sites for hydroxylation is 1. The second-order valence-electron chi connectivity index (χ2n) is 5.34. The lowest BCUT2D eigenvalue weighted by Crippen LogP contribution is -2.28. The third-order valence-corrected chi connectivity index (χ3v) is 3.85. The summed E-state index contributed by atoms with van der Waals surface area (Å²) >= 11 is 5.98. The van der Waals surface area contributed by atoms with Gasteiger partial charge in [0.05, 0.1) is 5.69 Å². The van der Waals surface area contributed by atoms with Crippen molar-refractivity contribution < 1.29 is 14.3 Å². The van der Waals surface area contributed by atoms with E-state index in [0.29, 0.717) is 22.2 Å². The minimum absolute atomic E-state index is 0.376. The van der Waals surface area contributed by atoms with Gasteiger partial charge < -0.3 is 9.47 Å². The topological polar surface area (TPSA) is 79.1 Å². The van der Waals surface area contributed by atoms with E-state index >= 15 is 0 Å². The summed E-state index contributed by atoms with van der Waals surface area (Å²) in [6.07, 6.45) is 0.674. The van der Waals surface area contributed by atoms with E-state index in [0.717, 1.165) is 5.56 Å². The first-order valence-corrected chi connectivity index (χ1v) is 7.88. The van der Waals surface area contributed by atoms with E-state index in [1.54, 1.807) is 49.4 Å². The highest BCUT2D eigenvalue weighted by atomic mass is 35.5. The van der Waals surface area contributed by atoms with Crippen LogP contribution in [0, 0.1) is 6.92 Å². The Morgan fingerprint density at radius 1 is 1.20 bits per heavy atom. The highest BCUT2D eigenvalue weighted by molar-refractivity contribution is 6.31. The van der Waals surface area contributed by atoms with Gasteiger partial charge in [0.2, 0.25) is 0 Å². The molecule has 0 saturated carbocycles. The molecule has 7 nitrogen and oxygen atoms in total. The average molecular weight is 359 g/mol. The second kappa shape index (κ2) is 7.31. The summed E-state index contributed by atoms with van der Waals surface area (Å²) in [4.78, 5) is 12.2. The van der Waals surface area contributed by atoms with Gasteiger partial charge in [-0.1, -0.05) is 17.7 Å². The van der Waals surface area contributed by atoms with Gasteiger partial charge in [-0.2, -0.15) is 0 Å². The van der Waals surface area contributed by atoms with Gasteiger partial charge in [0, 0.05) is 11.1 Å². The van der Waals surface area contributed by atoms with Crippen LogP contribution in [0.2, 0.25) is 5.02 Å². The van der Waals surface area contributed by atoms with Crippen molar-refractivity contribution in [2.45, 2.75) is 20.0 Å². The van der Waals surface area contributed by atoms with Gasteiger partial charge in [0.1, 0.15) is 17.8 Å². The third-order valence-electron chi connectivity index (χ3n) is 3.42. The fourth-order valence-electron chi connectivity index (χ4n) is 2.11. The molecule has 25 heavy (non-hydrogen) atoms. The predicted octanol–water partition coefficient (Wildman–Crippen LogP) is 3.00. The van der Waals surface area contributed by atoms with Crippen LogP contribution in [0.3, 0.4) is 0 Å². The highest BCUT2D eigenvalue weighted by Crippen LogP contribution is 2.22. The fourth-order valence-corrected chi connectivity index (χ4v) is 2.23. The lowest BCUT2D eigenvalue weighted by atomic mass is 10.2. The maximum absolute atomic E-state index is 12.2. The van der Waals surface area contributed by atoms with Crippen LogP contribution in [0.5, 0.6) is 11.5 Å². The molecule has 0 fully saturated rings. The van der Waals surface area contributed by atoms with E-state index in [1.165, 1.54) is 11.0 Å². The molecule has 0 bridgehead atoms. The van der Waals surface area contributed by atoms with Gasteiger partial charge in [-0.15, -0.1) is 5.10 Å². The number of aromatic nitrogens is 4. The molecule has 0 aliphatic carbocycles. The Morgan fingerprint density at radius 3 is 2.76 bits per heavy atom. The molecule has 0 aliphatic heterocycles. The molecular formula is C17H15ClN4O3. The van der Waals surface area contributed by atoms with Crippen LogP contribution in [-0.4, -0.2) is 32.3 Å². The first-order chi connectivity index (χ1) is 12.0. The van der Waals surface area contributed by atoms with Crippen LogP contribution >= 0.6 is 11.6 Å². The van der Waals surface area contributed by atoms with Gasteiger partial charge in [-0.3, -0.25) is 0 Å². The molecule has 8 heteroatoms. The number of benzene rings is 2. The molecule has 0 unspecified atom stereocenters. The van der Waals surface area contributed by atoms with Crippen molar-refractivity contribution in [1.82, 2.24) is 20.2 Å². The van der Waals surface area contributed by atoms with Crippen LogP contribution in [0.15, 0.2) is 48.8 Å². The van der Waals surface area contributed by atoms with Gasteiger partial charge in [-0.25, -0.2) is 9.48 Å². The zero-order valence-corrected chi connectivity index (χ0v) is 14.3. The molecule has 0 spiro atoms. The number of carbonyl (C=O) groups excluding carboxylic acids is 1. The largest absolute Gasteiger partial charge is 0.479 e. The van der Waals surface area contributed by atoms with Crippen LogP contribution in [0.4, 0.5) is 0 Å². The number of rotatable bonds is 5. The molecule has 1 aromatic heterocycles. The molecule has 0 amide bonds. The van der Waals surface area contributed by atoms with Crippen molar-refractivity contribution >= 4 is 17.6 Å². The van der Waals surface area contributed by atoms with Crippen molar-refractivity contribution in [3.05, 3.63) is 59.4 Å². The first kappa shape index (κ1) is 16.9. The number of tetrazole rings is 1. The summed E-state index contributed by atoms with van der Waals surface area (Å²) in [6, 6.07) is 12.1. The summed E-state index contributed by atoms with van der Waals surface area (Å²) in [7, 11) is 0. The van der Waals surface area contributed by atoms with E-state index in [4.69, 9.17) is 21.1 Å². The number of nitrogens with zero attached hydrogens (tertiary/aromatic N) is 4. The number of esters is 1. The Bertz CT molecular complexity index is 883. The van der Waals surface area contributed by atoms with Crippen molar-refractivity contribution in [3.8, 4) is 17.2 Å². The predicted molar refractivity (Wildman–Crippen MR) is 91.1 cm³/mol. The summed E-state index contributed by atoms with van der Waals surface area (Å²) in [5.41, 5.74) is 1.55. The Hall–Kier alpha value is -2.93. The Morgan fingerprint density at radius 2 is 2.04 bits per heavy atom. The van der Waals surface area contributed by atoms with Gasteiger partial charge in [0.25, 0.3) is 0 Å². The van der Waals surface area contributed by atoms with Gasteiger partial charge >= 0.3 is 5.97 Å². The maximum atomic E-state index is 12.2. The molecule has 0 aliphatic rings. The molecular weight excluding hydrogens is 344 g/mol. The summed E-state index contributed by atoms with van der Waals surface area (Å²) in [5.74, 6) is 0.413. The Kier molecular flexibility index (Phi) is 4.95. The molecule has 3 aromatic rings. The van der Waals surface area contributed by atoms with Crippen molar-refractivity contribution in [3.63, 3.8) is 0 Å². The quantitative estimate of drug-likeness (QED) is 0.515. The molecule has 0 N–H and O–H groups in total. The summed E-state index contributed by atoms with van der Waals surface area (Å²) < 4.78 is 12.5. The van der Waals surface area contributed by atoms with E-state index in [9.17, 15) is 4.79 Å². The van der Waals surface area contributed by atoms with E-state index in [2.05, 4.69) is 15.5 Å². The minimum Gasteiger partial charge on any atom is -0.479 e. The normalized spacial score (nSPS) is 11.8.